The van der Waals surface area contributed by atoms with Gasteiger partial charge in [0.15, 0.2) is 0 Å². The van der Waals surface area contributed by atoms with E-state index in [0.29, 0.717) is 17.3 Å². The van der Waals surface area contributed by atoms with Crippen LogP contribution in [0, 0.1) is 6.92 Å². The van der Waals surface area contributed by atoms with Crippen LogP contribution in [0.4, 0.5) is 10.5 Å². The minimum Gasteiger partial charge on any atom is -0.490 e. The molecule has 0 aliphatic carbocycles. The Bertz CT molecular complexity index is 599. The second-order valence-electron chi connectivity index (χ2n) is 4.43. The standard InChI is InChI=1S/C16H16ClNO3/c1-12-5-7-15(8-6-12)20-9-10-21-16(19)18-14-4-2-3-13(17)11-14/h2-8,11H,9-10H2,1H3,(H,18,19). The number of aryl methyl sites for hydroxylation is 1. The van der Waals surface area contributed by atoms with Gasteiger partial charge in [-0.15, -0.1) is 0 Å². The molecule has 2 aromatic carbocycles. The van der Waals surface area contributed by atoms with Crippen LogP contribution in [0.25, 0.3) is 0 Å². The molecule has 21 heavy (non-hydrogen) atoms. The van der Waals surface area contributed by atoms with Gasteiger partial charge in [0.1, 0.15) is 19.0 Å². The lowest BCUT2D eigenvalue weighted by molar-refractivity contribution is 0.138. The summed E-state index contributed by atoms with van der Waals surface area (Å²) in [6.45, 7) is 2.47. The van der Waals surface area contributed by atoms with Crippen LogP contribution in [-0.2, 0) is 4.74 Å². The average molecular weight is 306 g/mol. The van der Waals surface area contributed by atoms with Crippen LogP contribution in [-0.4, -0.2) is 19.3 Å². The highest BCUT2D eigenvalue weighted by atomic mass is 35.5. The molecule has 4 nitrogen and oxygen atoms in total. The van der Waals surface area contributed by atoms with Gasteiger partial charge in [-0.25, -0.2) is 4.79 Å². The highest BCUT2D eigenvalue weighted by Gasteiger charge is 2.03. The van der Waals surface area contributed by atoms with E-state index in [0.717, 1.165) is 5.75 Å². The first-order chi connectivity index (χ1) is 10.1. The van der Waals surface area contributed by atoms with Gasteiger partial charge in [-0.2, -0.15) is 0 Å². The summed E-state index contributed by atoms with van der Waals surface area (Å²) in [4.78, 5) is 11.5. The zero-order valence-corrected chi connectivity index (χ0v) is 12.4. The molecule has 2 rings (SSSR count). The third-order valence-corrected chi connectivity index (χ3v) is 2.91. The molecular weight excluding hydrogens is 290 g/mol. The fourth-order valence-electron chi connectivity index (χ4n) is 1.65. The van der Waals surface area contributed by atoms with Gasteiger partial charge in [0.25, 0.3) is 0 Å². The Morgan fingerprint density at radius 3 is 2.62 bits per heavy atom. The molecule has 0 atom stereocenters. The van der Waals surface area contributed by atoms with Gasteiger partial charge < -0.3 is 9.47 Å². The van der Waals surface area contributed by atoms with Crippen LogP contribution in [0.15, 0.2) is 48.5 Å². The van der Waals surface area contributed by atoms with E-state index in [1.807, 2.05) is 31.2 Å². The summed E-state index contributed by atoms with van der Waals surface area (Å²) in [7, 11) is 0. The molecule has 1 N–H and O–H groups in total. The molecule has 2 aromatic rings. The first-order valence-electron chi connectivity index (χ1n) is 6.52. The number of rotatable bonds is 5. The molecule has 1 amide bonds. The Kier molecular flexibility index (Phi) is 5.46. The highest BCUT2D eigenvalue weighted by Crippen LogP contribution is 2.15. The van der Waals surface area contributed by atoms with Crippen molar-refractivity contribution in [3.8, 4) is 5.75 Å². The summed E-state index contributed by atoms with van der Waals surface area (Å²) in [5.74, 6) is 0.749. The number of ether oxygens (including phenoxy) is 2. The number of nitrogens with one attached hydrogen (secondary N) is 1. The van der Waals surface area contributed by atoms with E-state index < -0.39 is 6.09 Å². The second kappa shape index (κ2) is 7.55. The average Bonchev–Trinajstić information content (AvgIpc) is 2.45. The van der Waals surface area contributed by atoms with Crippen molar-refractivity contribution in [1.82, 2.24) is 0 Å². The Balaban J connectivity index is 1.68. The summed E-state index contributed by atoms with van der Waals surface area (Å²) in [6, 6.07) is 14.5. The molecule has 0 spiro atoms. The molecule has 0 heterocycles. The lowest BCUT2D eigenvalue weighted by Crippen LogP contribution is -2.17. The van der Waals surface area contributed by atoms with Gasteiger partial charge in [0, 0.05) is 10.7 Å². The molecule has 0 fully saturated rings. The van der Waals surface area contributed by atoms with Gasteiger partial charge in [0.2, 0.25) is 0 Å². The minimum absolute atomic E-state index is 0.167. The number of anilines is 1. The number of amides is 1. The zero-order valence-electron chi connectivity index (χ0n) is 11.6. The molecule has 110 valence electrons. The van der Waals surface area contributed by atoms with Crippen molar-refractivity contribution in [2.45, 2.75) is 6.92 Å². The van der Waals surface area contributed by atoms with Gasteiger partial charge in [0.05, 0.1) is 0 Å². The molecule has 5 heteroatoms. The largest absolute Gasteiger partial charge is 0.490 e. The van der Waals surface area contributed by atoms with Crippen molar-refractivity contribution < 1.29 is 14.3 Å². The molecule has 0 aliphatic heterocycles. The van der Waals surface area contributed by atoms with Crippen molar-refractivity contribution in [3.63, 3.8) is 0 Å². The third-order valence-electron chi connectivity index (χ3n) is 2.68. The predicted octanol–water partition coefficient (Wildman–Crippen LogP) is 4.28. The van der Waals surface area contributed by atoms with E-state index in [1.165, 1.54) is 5.56 Å². The summed E-state index contributed by atoms with van der Waals surface area (Å²) in [5, 5.41) is 3.14. The van der Waals surface area contributed by atoms with Gasteiger partial charge >= 0.3 is 6.09 Å². The first-order valence-corrected chi connectivity index (χ1v) is 6.90. The summed E-state index contributed by atoms with van der Waals surface area (Å²) >= 11 is 5.82. The van der Waals surface area contributed by atoms with Crippen LogP contribution in [0.1, 0.15) is 5.56 Å². The Labute approximate surface area is 128 Å². The van der Waals surface area contributed by atoms with Crippen LogP contribution in [0.3, 0.4) is 0 Å². The lowest BCUT2D eigenvalue weighted by Gasteiger charge is -2.09. The van der Waals surface area contributed by atoms with E-state index in [1.54, 1.807) is 24.3 Å². The number of carbonyl (C=O) groups is 1. The van der Waals surface area contributed by atoms with Crippen molar-refractivity contribution in [3.05, 3.63) is 59.1 Å². The topological polar surface area (TPSA) is 47.6 Å². The normalized spacial score (nSPS) is 10.0. The highest BCUT2D eigenvalue weighted by molar-refractivity contribution is 6.30. The molecule has 0 aliphatic rings. The Hall–Kier alpha value is -2.20. The van der Waals surface area contributed by atoms with E-state index in [9.17, 15) is 4.79 Å². The molecule has 0 saturated heterocycles. The molecule has 0 radical (unpaired) electrons. The van der Waals surface area contributed by atoms with Gasteiger partial charge in [-0.1, -0.05) is 35.4 Å². The maximum Gasteiger partial charge on any atom is 0.411 e. The van der Waals surface area contributed by atoms with E-state index >= 15 is 0 Å². The number of benzene rings is 2. The monoisotopic (exact) mass is 305 g/mol. The van der Waals surface area contributed by atoms with Crippen LogP contribution < -0.4 is 10.1 Å². The number of halogens is 1. The summed E-state index contributed by atoms with van der Waals surface area (Å²) in [6.07, 6.45) is -0.537. The summed E-state index contributed by atoms with van der Waals surface area (Å²) in [5.41, 5.74) is 1.76. The van der Waals surface area contributed by atoms with Gasteiger partial charge in [-0.05, 0) is 37.3 Å². The second-order valence-corrected chi connectivity index (χ2v) is 4.87. The summed E-state index contributed by atoms with van der Waals surface area (Å²) < 4.78 is 10.5. The number of carbonyl (C=O) groups excluding carboxylic acids is 1. The van der Waals surface area contributed by atoms with E-state index in [-0.39, 0.29) is 6.61 Å². The zero-order chi connectivity index (χ0) is 15.1. The van der Waals surface area contributed by atoms with Crippen molar-refractivity contribution in [1.29, 1.82) is 0 Å². The van der Waals surface area contributed by atoms with E-state index in [4.69, 9.17) is 21.1 Å². The maximum atomic E-state index is 11.5. The number of hydrogen-bond donors (Lipinski definition) is 1. The number of hydrogen-bond acceptors (Lipinski definition) is 3. The molecule has 0 aromatic heterocycles. The first kappa shape index (κ1) is 15.2. The molecule has 0 unspecified atom stereocenters. The maximum absolute atomic E-state index is 11.5. The third kappa shape index (κ3) is 5.36. The van der Waals surface area contributed by atoms with Crippen LogP contribution in [0.2, 0.25) is 5.02 Å². The fourth-order valence-corrected chi connectivity index (χ4v) is 1.84. The van der Waals surface area contributed by atoms with Crippen LogP contribution in [0.5, 0.6) is 5.75 Å². The molecule has 0 bridgehead atoms. The van der Waals surface area contributed by atoms with Crippen LogP contribution >= 0.6 is 11.6 Å². The van der Waals surface area contributed by atoms with Crippen molar-refractivity contribution >= 4 is 23.4 Å². The minimum atomic E-state index is -0.537. The lowest BCUT2D eigenvalue weighted by atomic mass is 10.2. The quantitative estimate of drug-likeness (QED) is 0.839. The predicted molar refractivity (Wildman–Crippen MR) is 83.1 cm³/mol. The smallest absolute Gasteiger partial charge is 0.411 e. The molecule has 0 saturated carbocycles. The van der Waals surface area contributed by atoms with Gasteiger partial charge in [-0.3, -0.25) is 5.32 Å². The fraction of sp³-hybridized carbons (Fsp3) is 0.188. The SMILES string of the molecule is Cc1ccc(OCCOC(=O)Nc2cccc(Cl)c2)cc1. The molecular formula is C16H16ClNO3. The Morgan fingerprint density at radius 1 is 1.14 bits per heavy atom. The van der Waals surface area contributed by atoms with Crippen molar-refractivity contribution in [2.24, 2.45) is 0 Å². The van der Waals surface area contributed by atoms with Crippen molar-refractivity contribution in [2.75, 3.05) is 18.5 Å². The van der Waals surface area contributed by atoms with E-state index in [2.05, 4.69) is 5.32 Å². The Morgan fingerprint density at radius 2 is 1.90 bits per heavy atom.